The van der Waals surface area contributed by atoms with E-state index in [9.17, 15) is 9.18 Å². The predicted octanol–water partition coefficient (Wildman–Crippen LogP) is 4.10. The fraction of sp³-hybridized carbons (Fsp3) is 0.174. The van der Waals surface area contributed by atoms with Crippen molar-refractivity contribution in [3.8, 4) is 22.6 Å². The standard InChI is InChI=1S/C18H15FN6O.C5H7NO/c1-11-21-17(12-3-5-13(19)6-4-12)18(24(11)2)14-7-8-16-22-15(20-10-26)9-25(16)23-14;1-4-3-7-5(2)6-4/h3-10H,1-2H3,(H,20,26);3H,1-2H3. The van der Waals surface area contributed by atoms with Gasteiger partial charge in [0, 0.05) is 19.5 Å². The van der Waals surface area contributed by atoms with Crippen molar-refractivity contribution < 1.29 is 13.6 Å². The second-order valence-corrected chi connectivity index (χ2v) is 7.34. The van der Waals surface area contributed by atoms with Crippen molar-refractivity contribution in [3.05, 3.63) is 72.1 Å². The summed E-state index contributed by atoms with van der Waals surface area (Å²) in [6.07, 6.45) is 3.84. The fourth-order valence-corrected chi connectivity index (χ4v) is 3.32. The number of amides is 1. The van der Waals surface area contributed by atoms with Crippen LogP contribution < -0.4 is 5.32 Å². The van der Waals surface area contributed by atoms with Gasteiger partial charge >= 0.3 is 0 Å². The Morgan fingerprint density at radius 3 is 2.39 bits per heavy atom. The van der Waals surface area contributed by atoms with Gasteiger partial charge in [-0.2, -0.15) is 5.10 Å². The Morgan fingerprint density at radius 2 is 1.79 bits per heavy atom. The number of fused-ring (bicyclic) bond motifs is 1. The highest BCUT2D eigenvalue weighted by atomic mass is 19.1. The van der Waals surface area contributed by atoms with Crippen molar-refractivity contribution in [3.63, 3.8) is 0 Å². The zero-order valence-electron chi connectivity index (χ0n) is 18.6. The number of aryl methyl sites for hydroxylation is 3. The van der Waals surface area contributed by atoms with E-state index < -0.39 is 0 Å². The Balaban J connectivity index is 0.000000318. The molecule has 33 heavy (non-hydrogen) atoms. The third-order valence-corrected chi connectivity index (χ3v) is 4.94. The van der Waals surface area contributed by atoms with Gasteiger partial charge in [0.25, 0.3) is 0 Å². The summed E-state index contributed by atoms with van der Waals surface area (Å²) in [5.41, 5.74) is 4.59. The summed E-state index contributed by atoms with van der Waals surface area (Å²) in [4.78, 5) is 23.4. The van der Waals surface area contributed by atoms with E-state index in [0.717, 1.165) is 34.4 Å². The van der Waals surface area contributed by atoms with Crippen molar-refractivity contribution in [2.75, 3.05) is 5.32 Å². The minimum atomic E-state index is -0.295. The van der Waals surface area contributed by atoms with Gasteiger partial charge < -0.3 is 14.3 Å². The second kappa shape index (κ2) is 9.03. The average Bonchev–Trinajstić information content (AvgIpc) is 3.46. The Morgan fingerprint density at radius 1 is 1.03 bits per heavy atom. The van der Waals surface area contributed by atoms with Gasteiger partial charge in [-0.25, -0.2) is 23.9 Å². The molecule has 5 rings (SSSR count). The molecule has 168 valence electrons. The number of imidazole rings is 2. The van der Waals surface area contributed by atoms with Gasteiger partial charge in [0.05, 0.1) is 23.3 Å². The number of aromatic nitrogens is 6. The highest BCUT2D eigenvalue weighted by Gasteiger charge is 2.18. The molecule has 5 aromatic rings. The van der Waals surface area contributed by atoms with Gasteiger partial charge in [-0.05, 0) is 50.2 Å². The number of oxazole rings is 1. The largest absolute Gasteiger partial charge is 0.449 e. The van der Waals surface area contributed by atoms with Gasteiger partial charge in [0.2, 0.25) is 6.41 Å². The second-order valence-electron chi connectivity index (χ2n) is 7.34. The van der Waals surface area contributed by atoms with Crippen LogP contribution >= 0.6 is 0 Å². The predicted molar refractivity (Wildman–Crippen MR) is 121 cm³/mol. The molecule has 4 aromatic heterocycles. The van der Waals surface area contributed by atoms with E-state index in [1.807, 2.05) is 44.5 Å². The maximum absolute atomic E-state index is 13.3. The SMILES string of the molecule is Cc1coc(C)n1.Cc1nc(-c2ccc(F)cc2)c(-c2ccc3nc(NC=O)cn3n2)n1C. The smallest absolute Gasteiger partial charge is 0.212 e. The molecule has 4 heterocycles. The molecule has 1 N–H and O–H groups in total. The zero-order valence-corrected chi connectivity index (χ0v) is 18.6. The Bertz CT molecular complexity index is 1400. The molecule has 0 atom stereocenters. The maximum atomic E-state index is 13.3. The van der Waals surface area contributed by atoms with Crippen molar-refractivity contribution >= 4 is 17.9 Å². The first-order valence-corrected chi connectivity index (χ1v) is 10.1. The number of hydrogen-bond acceptors (Lipinski definition) is 6. The summed E-state index contributed by atoms with van der Waals surface area (Å²) in [6.45, 7) is 5.63. The molecule has 1 aromatic carbocycles. The van der Waals surface area contributed by atoms with Crippen LogP contribution in [0.25, 0.3) is 28.3 Å². The van der Waals surface area contributed by atoms with Crippen LogP contribution in [0.5, 0.6) is 0 Å². The van der Waals surface area contributed by atoms with Crippen LogP contribution in [-0.2, 0) is 11.8 Å². The van der Waals surface area contributed by atoms with E-state index in [0.29, 0.717) is 23.6 Å². The molecule has 9 nitrogen and oxygen atoms in total. The Hall–Kier alpha value is -4.34. The number of nitrogens with one attached hydrogen (secondary N) is 1. The Labute approximate surface area is 188 Å². The van der Waals surface area contributed by atoms with Gasteiger partial charge in [-0.1, -0.05) is 0 Å². The van der Waals surface area contributed by atoms with Crippen molar-refractivity contribution in [2.45, 2.75) is 20.8 Å². The molecule has 0 fully saturated rings. The summed E-state index contributed by atoms with van der Waals surface area (Å²) in [5, 5.41) is 7.10. The molecule has 10 heteroatoms. The van der Waals surface area contributed by atoms with Crippen LogP contribution in [0.2, 0.25) is 0 Å². The summed E-state index contributed by atoms with van der Waals surface area (Å²) < 4.78 is 21.7. The lowest BCUT2D eigenvalue weighted by molar-refractivity contribution is -0.105. The van der Waals surface area contributed by atoms with Crippen LogP contribution in [-0.4, -0.2) is 35.5 Å². The molecule has 0 saturated carbocycles. The third-order valence-electron chi connectivity index (χ3n) is 4.94. The first-order valence-electron chi connectivity index (χ1n) is 10.1. The minimum absolute atomic E-state index is 0.295. The highest BCUT2D eigenvalue weighted by molar-refractivity contribution is 5.77. The van der Waals surface area contributed by atoms with E-state index in [4.69, 9.17) is 4.42 Å². The quantitative estimate of drug-likeness (QED) is 0.416. The molecule has 0 aliphatic carbocycles. The molecule has 0 radical (unpaired) electrons. The number of carbonyl (C=O) groups is 1. The molecule has 0 bridgehead atoms. The summed E-state index contributed by atoms with van der Waals surface area (Å²) >= 11 is 0. The summed E-state index contributed by atoms with van der Waals surface area (Å²) in [6, 6.07) is 9.87. The molecule has 0 spiro atoms. The average molecular weight is 447 g/mol. The van der Waals surface area contributed by atoms with Crippen LogP contribution in [0.1, 0.15) is 17.4 Å². The number of nitrogens with zero attached hydrogens (tertiary/aromatic N) is 6. The van der Waals surface area contributed by atoms with Gasteiger partial charge in [0.15, 0.2) is 17.4 Å². The topological polar surface area (TPSA) is 103 Å². The molecule has 0 aliphatic rings. The minimum Gasteiger partial charge on any atom is -0.449 e. The lowest BCUT2D eigenvalue weighted by Gasteiger charge is -2.07. The summed E-state index contributed by atoms with van der Waals surface area (Å²) in [5.74, 6) is 1.67. The van der Waals surface area contributed by atoms with Crippen molar-refractivity contribution in [1.29, 1.82) is 0 Å². The highest BCUT2D eigenvalue weighted by Crippen LogP contribution is 2.31. The molecule has 0 aliphatic heterocycles. The number of halogens is 1. The van der Waals surface area contributed by atoms with E-state index in [-0.39, 0.29) is 5.82 Å². The van der Waals surface area contributed by atoms with Gasteiger partial charge in [-0.15, -0.1) is 0 Å². The molecular formula is C23H22FN7O2. The van der Waals surface area contributed by atoms with E-state index in [1.54, 1.807) is 29.1 Å². The fourth-order valence-electron chi connectivity index (χ4n) is 3.32. The first kappa shape index (κ1) is 21.9. The number of hydrogen-bond donors (Lipinski definition) is 1. The lowest BCUT2D eigenvalue weighted by Crippen LogP contribution is -2.00. The molecular weight excluding hydrogens is 425 g/mol. The van der Waals surface area contributed by atoms with Crippen LogP contribution in [0.4, 0.5) is 10.2 Å². The third kappa shape index (κ3) is 4.64. The molecule has 0 saturated heterocycles. The van der Waals surface area contributed by atoms with Crippen LogP contribution in [0, 0.1) is 26.6 Å². The van der Waals surface area contributed by atoms with E-state index in [2.05, 4.69) is 25.4 Å². The van der Waals surface area contributed by atoms with E-state index >= 15 is 0 Å². The Kier molecular flexibility index (Phi) is 5.99. The molecule has 0 unspecified atom stereocenters. The maximum Gasteiger partial charge on any atom is 0.212 e. The van der Waals surface area contributed by atoms with Crippen molar-refractivity contribution in [2.24, 2.45) is 7.05 Å². The van der Waals surface area contributed by atoms with Gasteiger partial charge in [0.1, 0.15) is 23.6 Å². The van der Waals surface area contributed by atoms with Crippen LogP contribution in [0.3, 0.4) is 0 Å². The first-order chi connectivity index (χ1) is 15.9. The number of anilines is 1. The zero-order chi connectivity index (χ0) is 23.5. The molecule has 1 amide bonds. The van der Waals surface area contributed by atoms with Crippen molar-refractivity contribution in [1.82, 2.24) is 29.1 Å². The number of rotatable bonds is 4. The lowest BCUT2D eigenvalue weighted by atomic mass is 10.1. The van der Waals surface area contributed by atoms with E-state index in [1.165, 1.54) is 12.1 Å². The van der Waals surface area contributed by atoms with Crippen LogP contribution in [0.15, 0.2) is 53.3 Å². The number of carbonyl (C=O) groups excluding carboxylic acids is 1. The number of benzene rings is 1. The normalized spacial score (nSPS) is 10.7. The summed E-state index contributed by atoms with van der Waals surface area (Å²) in [7, 11) is 1.91. The van der Waals surface area contributed by atoms with Gasteiger partial charge in [-0.3, -0.25) is 4.79 Å². The monoisotopic (exact) mass is 447 g/mol.